The molecule has 0 N–H and O–H groups in total. The molecule has 1 aliphatic heterocycles. The van der Waals surface area contributed by atoms with Crippen LogP contribution in [0.3, 0.4) is 0 Å². The van der Waals surface area contributed by atoms with Crippen molar-refractivity contribution in [3.63, 3.8) is 0 Å². The zero-order valence-corrected chi connectivity index (χ0v) is 9.91. The Balaban J connectivity index is 2.77. The summed E-state index contributed by atoms with van der Waals surface area (Å²) in [5.74, 6) is 2.60. The topological polar surface area (TPSA) is 29.5 Å². The molecule has 0 spiro atoms. The molecule has 3 heteroatoms. The molecule has 1 saturated heterocycles. The van der Waals surface area contributed by atoms with Crippen molar-refractivity contribution >= 4 is 5.97 Å². The third-order valence-corrected chi connectivity index (χ3v) is 3.33. The van der Waals surface area contributed by atoms with Crippen LogP contribution in [-0.4, -0.2) is 36.1 Å². The van der Waals surface area contributed by atoms with Crippen LogP contribution in [0.5, 0.6) is 0 Å². The molecule has 0 aliphatic carbocycles. The van der Waals surface area contributed by atoms with Gasteiger partial charge in [-0.25, -0.2) is 0 Å². The quantitative estimate of drug-likeness (QED) is 0.507. The Morgan fingerprint density at radius 2 is 2.20 bits per heavy atom. The molecule has 0 aromatic rings. The van der Waals surface area contributed by atoms with Gasteiger partial charge in [-0.2, -0.15) is 0 Å². The maximum Gasteiger partial charge on any atom is 0.310 e. The fourth-order valence-electron chi connectivity index (χ4n) is 2.28. The molecule has 1 rings (SSSR count). The van der Waals surface area contributed by atoms with Crippen molar-refractivity contribution in [2.24, 2.45) is 5.92 Å². The Hall–Kier alpha value is -1.01. The van der Waals surface area contributed by atoms with Crippen LogP contribution < -0.4 is 0 Å². The lowest BCUT2D eigenvalue weighted by Crippen LogP contribution is -2.46. The molecule has 0 aromatic heterocycles. The molecule has 2 atom stereocenters. The lowest BCUT2D eigenvalue weighted by molar-refractivity contribution is -0.146. The maximum atomic E-state index is 11.5. The molecule has 0 saturated carbocycles. The Bertz CT molecular complexity index is 290. The van der Waals surface area contributed by atoms with Crippen molar-refractivity contribution in [1.82, 2.24) is 4.90 Å². The summed E-state index contributed by atoms with van der Waals surface area (Å²) in [6.45, 7) is 6.90. The molecule has 3 nitrogen and oxygen atoms in total. The standard InChI is InChI=1S/C12H19NO2/c1-6-12(3,4)13-8-7-10(9(13)2)11(14)15-5/h1,9-10H,7-8H2,2-5H3. The molecule has 1 heterocycles. The number of nitrogens with zero attached hydrogens (tertiary/aromatic N) is 1. The van der Waals surface area contributed by atoms with Crippen molar-refractivity contribution in [2.75, 3.05) is 13.7 Å². The van der Waals surface area contributed by atoms with Crippen molar-refractivity contribution < 1.29 is 9.53 Å². The van der Waals surface area contributed by atoms with Crippen molar-refractivity contribution in [3.05, 3.63) is 0 Å². The summed E-state index contributed by atoms with van der Waals surface area (Å²) in [6, 6.07) is 0.156. The van der Waals surface area contributed by atoms with Crippen LogP contribution in [-0.2, 0) is 9.53 Å². The second-order valence-corrected chi connectivity index (χ2v) is 4.56. The number of hydrogen-bond donors (Lipinski definition) is 0. The van der Waals surface area contributed by atoms with Crippen molar-refractivity contribution in [3.8, 4) is 12.3 Å². The summed E-state index contributed by atoms with van der Waals surface area (Å²) in [5.41, 5.74) is -0.289. The Morgan fingerprint density at radius 3 is 2.67 bits per heavy atom. The van der Waals surface area contributed by atoms with E-state index in [-0.39, 0.29) is 23.5 Å². The molecule has 15 heavy (non-hydrogen) atoms. The summed E-state index contributed by atoms with van der Waals surface area (Å²) in [7, 11) is 1.43. The molecule has 0 amide bonds. The summed E-state index contributed by atoms with van der Waals surface area (Å²) >= 11 is 0. The van der Waals surface area contributed by atoms with E-state index >= 15 is 0 Å². The van der Waals surface area contributed by atoms with E-state index in [9.17, 15) is 4.79 Å². The third-order valence-electron chi connectivity index (χ3n) is 3.33. The minimum absolute atomic E-state index is 0.0392. The largest absolute Gasteiger partial charge is 0.469 e. The Kier molecular flexibility index (Phi) is 3.41. The van der Waals surface area contributed by atoms with Gasteiger partial charge < -0.3 is 4.74 Å². The van der Waals surface area contributed by atoms with E-state index in [0.717, 1.165) is 13.0 Å². The highest BCUT2D eigenvalue weighted by Gasteiger charge is 2.41. The Labute approximate surface area is 91.8 Å². The smallest absolute Gasteiger partial charge is 0.310 e. The molecular weight excluding hydrogens is 190 g/mol. The first-order chi connectivity index (χ1) is 6.94. The lowest BCUT2D eigenvalue weighted by atomic mass is 9.99. The summed E-state index contributed by atoms with van der Waals surface area (Å²) in [6.07, 6.45) is 6.33. The second kappa shape index (κ2) is 4.24. The predicted octanol–water partition coefficient (Wildman–Crippen LogP) is 1.28. The van der Waals surface area contributed by atoms with Gasteiger partial charge in [0.15, 0.2) is 0 Å². The number of hydrogen-bond acceptors (Lipinski definition) is 3. The van der Waals surface area contributed by atoms with Crippen LogP contribution in [0.1, 0.15) is 27.2 Å². The summed E-state index contributed by atoms with van der Waals surface area (Å²) in [5, 5.41) is 0. The van der Waals surface area contributed by atoms with E-state index in [4.69, 9.17) is 11.2 Å². The van der Waals surface area contributed by atoms with Crippen LogP contribution in [0.2, 0.25) is 0 Å². The predicted molar refractivity (Wildman–Crippen MR) is 59.2 cm³/mol. The normalized spacial score (nSPS) is 27.4. The van der Waals surface area contributed by atoms with Crippen LogP contribution >= 0.6 is 0 Å². The molecular formula is C12H19NO2. The van der Waals surface area contributed by atoms with Crippen molar-refractivity contribution in [1.29, 1.82) is 0 Å². The molecule has 84 valence electrons. The number of rotatable bonds is 2. The van der Waals surface area contributed by atoms with Gasteiger partial charge in [0.2, 0.25) is 0 Å². The Morgan fingerprint density at radius 1 is 1.60 bits per heavy atom. The highest BCUT2D eigenvalue weighted by molar-refractivity contribution is 5.73. The first kappa shape index (κ1) is 12.1. The molecule has 0 bridgehead atoms. The van der Waals surface area contributed by atoms with E-state index in [0.29, 0.717) is 0 Å². The molecule has 2 unspecified atom stereocenters. The van der Waals surface area contributed by atoms with Gasteiger partial charge in [0.05, 0.1) is 18.6 Å². The lowest BCUT2D eigenvalue weighted by Gasteiger charge is -2.35. The molecule has 1 aliphatic rings. The average molecular weight is 209 g/mol. The van der Waals surface area contributed by atoms with E-state index in [2.05, 4.69) is 10.8 Å². The van der Waals surface area contributed by atoms with E-state index in [1.54, 1.807) is 0 Å². The molecule has 0 radical (unpaired) electrons. The number of esters is 1. The van der Waals surface area contributed by atoms with Gasteiger partial charge in [-0.1, -0.05) is 5.92 Å². The van der Waals surface area contributed by atoms with E-state index in [1.807, 2.05) is 20.8 Å². The third kappa shape index (κ3) is 2.15. The molecule has 1 fully saturated rings. The van der Waals surface area contributed by atoms with Gasteiger partial charge in [0, 0.05) is 12.6 Å². The minimum atomic E-state index is -0.289. The second-order valence-electron chi connectivity index (χ2n) is 4.56. The SMILES string of the molecule is C#CC(C)(C)N1CCC(C(=O)OC)C1C. The highest BCUT2D eigenvalue weighted by Crippen LogP contribution is 2.31. The van der Waals surface area contributed by atoms with Gasteiger partial charge in [0.25, 0.3) is 0 Å². The number of terminal acetylenes is 1. The van der Waals surface area contributed by atoms with Gasteiger partial charge in [0.1, 0.15) is 0 Å². The van der Waals surface area contributed by atoms with Crippen LogP contribution in [0.15, 0.2) is 0 Å². The fraction of sp³-hybridized carbons (Fsp3) is 0.750. The zero-order valence-electron chi connectivity index (χ0n) is 9.91. The van der Waals surface area contributed by atoms with Gasteiger partial charge >= 0.3 is 5.97 Å². The monoisotopic (exact) mass is 209 g/mol. The van der Waals surface area contributed by atoms with Crippen molar-refractivity contribution in [2.45, 2.75) is 38.8 Å². The van der Waals surface area contributed by atoms with Gasteiger partial charge in [-0.05, 0) is 27.2 Å². The fourth-order valence-corrected chi connectivity index (χ4v) is 2.28. The summed E-state index contributed by atoms with van der Waals surface area (Å²) in [4.78, 5) is 13.7. The molecule has 0 aromatic carbocycles. The van der Waals surface area contributed by atoms with Crippen LogP contribution in [0, 0.1) is 18.3 Å². The van der Waals surface area contributed by atoms with Crippen LogP contribution in [0.4, 0.5) is 0 Å². The zero-order chi connectivity index (χ0) is 11.6. The van der Waals surface area contributed by atoms with Crippen LogP contribution in [0.25, 0.3) is 0 Å². The number of ether oxygens (including phenoxy) is 1. The van der Waals surface area contributed by atoms with E-state index < -0.39 is 0 Å². The first-order valence-corrected chi connectivity index (χ1v) is 5.26. The highest BCUT2D eigenvalue weighted by atomic mass is 16.5. The summed E-state index contributed by atoms with van der Waals surface area (Å²) < 4.78 is 4.78. The minimum Gasteiger partial charge on any atom is -0.469 e. The first-order valence-electron chi connectivity index (χ1n) is 5.26. The maximum absolute atomic E-state index is 11.5. The number of carbonyl (C=O) groups excluding carboxylic acids is 1. The van der Waals surface area contributed by atoms with E-state index in [1.165, 1.54) is 7.11 Å². The average Bonchev–Trinajstić information content (AvgIpc) is 2.59. The number of carbonyl (C=O) groups is 1. The number of likely N-dealkylation sites (tertiary alicyclic amines) is 1. The van der Waals surface area contributed by atoms with Gasteiger partial charge in [-0.15, -0.1) is 6.42 Å². The van der Waals surface area contributed by atoms with Gasteiger partial charge in [-0.3, -0.25) is 9.69 Å². The number of methoxy groups -OCH3 is 1.